The van der Waals surface area contributed by atoms with E-state index in [9.17, 15) is 0 Å². The van der Waals surface area contributed by atoms with Crippen molar-refractivity contribution < 1.29 is 9.47 Å². The van der Waals surface area contributed by atoms with Gasteiger partial charge >= 0.3 is 0 Å². The molecule has 0 fully saturated rings. The Labute approximate surface area is 372 Å². The zero-order chi connectivity index (χ0) is 43.7. The van der Waals surface area contributed by atoms with Gasteiger partial charge in [-0.15, -0.1) is 12.8 Å². The topological polar surface area (TPSA) is 18.5 Å². The van der Waals surface area contributed by atoms with E-state index in [2.05, 4.69) is 184 Å². The van der Waals surface area contributed by atoms with E-state index in [4.69, 9.17) is 22.3 Å². The zero-order valence-corrected chi connectivity index (χ0v) is 36.1. The van der Waals surface area contributed by atoms with Crippen molar-refractivity contribution in [2.75, 3.05) is 13.2 Å². The maximum atomic E-state index is 5.33. The van der Waals surface area contributed by atoms with Gasteiger partial charge in [-0.3, -0.25) is 0 Å². The molecule has 0 radical (unpaired) electrons. The molecule has 0 unspecified atom stereocenters. The SMILES string of the molecule is C#CCOc1ccc2ccccc2c1.C#CCOc1ccc2ccccc2c1.CC1(C)c2ccccc2-c2ccccc21.CC1(c2ccccc2)c2ccccc2-c2ccccc21. The van der Waals surface area contributed by atoms with Gasteiger partial charge in [0.15, 0.2) is 0 Å². The van der Waals surface area contributed by atoms with Crippen molar-refractivity contribution in [3.63, 3.8) is 0 Å². The Morgan fingerprint density at radius 3 is 1.11 bits per heavy atom. The first-order valence-electron chi connectivity index (χ1n) is 21.4. The maximum Gasteiger partial charge on any atom is 0.148 e. The third-order valence-corrected chi connectivity index (χ3v) is 12.1. The van der Waals surface area contributed by atoms with E-state index in [1.807, 2.05) is 60.7 Å². The van der Waals surface area contributed by atoms with Crippen LogP contribution in [0.15, 0.2) is 212 Å². The Balaban J connectivity index is 0.000000117. The molecule has 11 rings (SSSR count). The fourth-order valence-electron chi connectivity index (χ4n) is 8.97. The summed E-state index contributed by atoms with van der Waals surface area (Å²) >= 11 is 0. The fraction of sp³-hybridized carbons (Fsp3) is 0.115. The molecule has 0 N–H and O–H groups in total. The molecule has 2 aliphatic rings. The molecule has 0 aromatic heterocycles. The van der Waals surface area contributed by atoms with Crippen LogP contribution in [-0.2, 0) is 10.8 Å². The number of benzene rings is 9. The fourth-order valence-corrected chi connectivity index (χ4v) is 8.97. The minimum atomic E-state index is -0.0472. The van der Waals surface area contributed by atoms with Crippen LogP contribution in [0.4, 0.5) is 0 Å². The smallest absolute Gasteiger partial charge is 0.148 e. The third kappa shape index (κ3) is 8.72. The van der Waals surface area contributed by atoms with Gasteiger partial charge < -0.3 is 9.47 Å². The molecule has 0 aliphatic heterocycles. The highest BCUT2D eigenvalue weighted by atomic mass is 16.5. The molecule has 0 heterocycles. The number of ether oxygens (including phenoxy) is 2. The van der Waals surface area contributed by atoms with Gasteiger partial charge in [0.2, 0.25) is 0 Å². The summed E-state index contributed by atoms with van der Waals surface area (Å²) in [5.41, 5.74) is 12.7. The van der Waals surface area contributed by atoms with Crippen molar-refractivity contribution >= 4 is 21.5 Å². The summed E-state index contributed by atoms with van der Waals surface area (Å²) in [6.45, 7) is 7.58. The molecule has 2 nitrogen and oxygen atoms in total. The first kappa shape index (κ1) is 41.9. The van der Waals surface area contributed by atoms with E-state index < -0.39 is 0 Å². The van der Waals surface area contributed by atoms with Crippen molar-refractivity contribution in [1.29, 1.82) is 0 Å². The van der Waals surface area contributed by atoms with Crippen LogP contribution >= 0.6 is 0 Å². The van der Waals surface area contributed by atoms with Gasteiger partial charge in [-0.05, 0) is 103 Å². The molecular weight excluding hydrogens is 765 g/mol. The number of fused-ring (bicyclic) bond motifs is 8. The Kier molecular flexibility index (Phi) is 12.6. The molecule has 0 saturated heterocycles. The van der Waals surface area contributed by atoms with E-state index in [1.165, 1.54) is 71.6 Å². The monoisotopic (exact) mass is 814 g/mol. The predicted molar refractivity (Wildman–Crippen MR) is 264 cm³/mol. The molecule has 0 amide bonds. The molecule has 2 heteroatoms. The predicted octanol–water partition coefficient (Wildman–Crippen LogP) is 14.7. The highest BCUT2D eigenvalue weighted by Crippen LogP contribution is 2.52. The van der Waals surface area contributed by atoms with Crippen LogP contribution in [-0.4, -0.2) is 13.2 Å². The second-order valence-corrected chi connectivity index (χ2v) is 16.3. The van der Waals surface area contributed by atoms with Crippen molar-refractivity contribution in [1.82, 2.24) is 0 Å². The number of hydrogen-bond acceptors (Lipinski definition) is 2. The lowest BCUT2D eigenvalue weighted by Crippen LogP contribution is -2.22. The van der Waals surface area contributed by atoms with Crippen molar-refractivity contribution in [2.45, 2.75) is 31.6 Å². The maximum absolute atomic E-state index is 5.33. The highest BCUT2D eigenvalue weighted by molar-refractivity contribution is 5.85. The Bertz CT molecular complexity index is 2900. The van der Waals surface area contributed by atoms with Crippen LogP contribution in [0.2, 0.25) is 0 Å². The summed E-state index contributed by atoms with van der Waals surface area (Å²) in [4.78, 5) is 0. The van der Waals surface area contributed by atoms with Crippen molar-refractivity contribution in [3.05, 3.63) is 240 Å². The van der Waals surface area contributed by atoms with Gasteiger partial charge in [-0.2, -0.15) is 0 Å². The molecule has 0 saturated carbocycles. The number of terminal acetylenes is 2. The van der Waals surface area contributed by atoms with Gasteiger partial charge in [0.05, 0.1) is 0 Å². The van der Waals surface area contributed by atoms with Gasteiger partial charge in [-0.25, -0.2) is 0 Å². The second-order valence-electron chi connectivity index (χ2n) is 16.3. The van der Waals surface area contributed by atoms with Crippen LogP contribution in [0.25, 0.3) is 43.8 Å². The van der Waals surface area contributed by atoms with E-state index in [0.29, 0.717) is 13.2 Å². The lowest BCUT2D eigenvalue weighted by atomic mass is 9.74. The van der Waals surface area contributed by atoms with E-state index in [1.54, 1.807) is 0 Å². The molecule has 2 aliphatic carbocycles. The molecule has 0 bridgehead atoms. The van der Waals surface area contributed by atoms with Crippen LogP contribution in [0.3, 0.4) is 0 Å². The summed E-state index contributed by atoms with van der Waals surface area (Å²) in [5.74, 6) is 6.53. The summed E-state index contributed by atoms with van der Waals surface area (Å²) in [5, 5.41) is 4.75. The van der Waals surface area contributed by atoms with Crippen LogP contribution < -0.4 is 9.47 Å². The third-order valence-electron chi connectivity index (χ3n) is 12.1. The number of hydrogen-bond donors (Lipinski definition) is 0. The molecular formula is C61H50O2. The Hall–Kier alpha value is -7.78. The van der Waals surface area contributed by atoms with Crippen LogP contribution in [0.1, 0.15) is 48.6 Å². The lowest BCUT2D eigenvalue weighted by Gasteiger charge is -2.28. The average molecular weight is 815 g/mol. The second kappa shape index (κ2) is 18.9. The van der Waals surface area contributed by atoms with Crippen molar-refractivity contribution in [2.24, 2.45) is 0 Å². The van der Waals surface area contributed by atoms with E-state index in [0.717, 1.165) is 11.5 Å². The molecule has 306 valence electrons. The van der Waals surface area contributed by atoms with Gasteiger partial charge in [0.25, 0.3) is 0 Å². The van der Waals surface area contributed by atoms with Crippen LogP contribution in [0.5, 0.6) is 11.5 Å². The quantitative estimate of drug-likeness (QED) is 0.161. The minimum Gasteiger partial charge on any atom is -0.481 e. The minimum absolute atomic E-state index is 0.0472. The summed E-state index contributed by atoms with van der Waals surface area (Å²) in [6.07, 6.45) is 10.2. The first-order valence-corrected chi connectivity index (χ1v) is 21.4. The Morgan fingerprint density at radius 2 is 0.698 bits per heavy atom. The summed E-state index contributed by atoms with van der Waals surface area (Å²) < 4.78 is 10.7. The van der Waals surface area contributed by atoms with E-state index in [-0.39, 0.29) is 10.8 Å². The largest absolute Gasteiger partial charge is 0.481 e. The first-order chi connectivity index (χ1) is 30.8. The van der Waals surface area contributed by atoms with Crippen LogP contribution in [0, 0.1) is 24.7 Å². The summed E-state index contributed by atoms with van der Waals surface area (Å²) in [6, 6.07) is 74.0. The zero-order valence-electron chi connectivity index (χ0n) is 36.1. The standard InChI is InChI=1S/C20H16.C15H14.2C13H10O/c1-20(15-9-3-2-4-10-15)18-13-7-5-11-16(18)17-12-6-8-14-19(17)20;1-15(2)13-9-5-3-7-11(13)12-8-4-6-10-14(12)15;2*1-2-9-14-13-8-7-11-5-3-4-6-12(11)10-13/h2-14H,1H3;3-10H,1-2H3;2*1,3-8,10H,9H2. The number of rotatable bonds is 5. The van der Waals surface area contributed by atoms with Gasteiger partial charge in [0.1, 0.15) is 24.7 Å². The average Bonchev–Trinajstić information content (AvgIpc) is 3.75. The van der Waals surface area contributed by atoms with Gasteiger partial charge in [-0.1, -0.05) is 214 Å². The molecule has 9 aromatic carbocycles. The molecule has 9 aromatic rings. The van der Waals surface area contributed by atoms with Crippen molar-refractivity contribution in [3.8, 4) is 58.4 Å². The molecule has 0 spiro atoms. The summed E-state index contributed by atoms with van der Waals surface area (Å²) in [7, 11) is 0. The molecule has 0 atom stereocenters. The lowest BCUT2D eigenvalue weighted by molar-refractivity contribution is 0.371. The highest BCUT2D eigenvalue weighted by Gasteiger charge is 2.40. The molecule has 63 heavy (non-hydrogen) atoms. The Morgan fingerprint density at radius 1 is 0.365 bits per heavy atom. The van der Waals surface area contributed by atoms with E-state index >= 15 is 0 Å². The van der Waals surface area contributed by atoms with Gasteiger partial charge in [0, 0.05) is 10.8 Å². The normalized spacial score (nSPS) is 12.7.